The Morgan fingerprint density at radius 1 is 0.912 bits per heavy atom. The molecule has 0 aromatic rings. The lowest BCUT2D eigenvalue weighted by Crippen LogP contribution is -2.65. The summed E-state index contributed by atoms with van der Waals surface area (Å²) in [5.74, 6) is 4.60. The summed E-state index contributed by atoms with van der Waals surface area (Å²) >= 11 is 0. The molecule has 194 valence electrons. The number of ether oxygens (including phenoxy) is 1. The Hall–Kier alpha value is -0.340. The highest BCUT2D eigenvalue weighted by atomic mass is 16.5. The molecule has 2 heteroatoms. The lowest BCUT2D eigenvalue weighted by molar-refractivity contribution is -0.195. The molecule has 0 aliphatic heterocycles. The molecule has 0 aromatic heterocycles. The highest BCUT2D eigenvalue weighted by Crippen LogP contribution is 2.76. The van der Waals surface area contributed by atoms with Gasteiger partial charge in [0.15, 0.2) is 0 Å². The zero-order valence-corrected chi connectivity index (χ0v) is 23.8. The maximum Gasteiger partial charge on any atom is 0.0524 e. The molecule has 0 bridgehead atoms. The van der Waals surface area contributed by atoms with Crippen LogP contribution in [0.3, 0.4) is 0 Å². The standard InChI is InChI=1S/C32H55NO/c1-21-11-16-32(20-34-8)18-17-30(6)24(27(32)22(21)2)9-10-26-29(5)14-12-23(19-33)28(3,4)25(29)13-15-31(26,30)7/h9,21-23,25-27H,10-20,33H2,1-8H3/t21-,22+,23-,25?,26?,27?,29+,30-,31-,32-/m1/s1. The van der Waals surface area contributed by atoms with Crippen LogP contribution < -0.4 is 5.73 Å². The van der Waals surface area contributed by atoms with Crippen molar-refractivity contribution in [3.05, 3.63) is 11.6 Å². The second-order valence-corrected chi connectivity index (χ2v) is 15.2. The summed E-state index contributed by atoms with van der Waals surface area (Å²) in [5.41, 5.74) is 10.1. The van der Waals surface area contributed by atoms with E-state index in [0.29, 0.717) is 38.9 Å². The lowest BCUT2D eigenvalue weighted by atomic mass is 9.33. The molecule has 5 rings (SSSR count). The van der Waals surface area contributed by atoms with Gasteiger partial charge < -0.3 is 10.5 Å². The van der Waals surface area contributed by atoms with Gasteiger partial charge in [0.1, 0.15) is 0 Å². The van der Waals surface area contributed by atoms with E-state index in [2.05, 4.69) is 54.5 Å². The van der Waals surface area contributed by atoms with Gasteiger partial charge in [0.2, 0.25) is 0 Å². The number of allylic oxidation sites excluding steroid dienone is 2. The highest BCUT2D eigenvalue weighted by molar-refractivity contribution is 5.34. The molecule has 4 fully saturated rings. The lowest BCUT2D eigenvalue weighted by Gasteiger charge is -2.72. The van der Waals surface area contributed by atoms with Crippen molar-refractivity contribution in [2.45, 2.75) is 106 Å². The quantitative estimate of drug-likeness (QED) is 0.427. The molecule has 2 nitrogen and oxygen atoms in total. The largest absolute Gasteiger partial charge is 0.384 e. The van der Waals surface area contributed by atoms with E-state index >= 15 is 0 Å². The van der Waals surface area contributed by atoms with E-state index in [9.17, 15) is 0 Å². The molecule has 10 atom stereocenters. The van der Waals surface area contributed by atoms with E-state index in [-0.39, 0.29) is 0 Å². The zero-order valence-electron chi connectivity index (χ0n) is 23.8. The van der Waals surface area contributed by atoms with E-state index in [4.69, 9.17) is 10.5 Å². The summed E-state index contributed by atoms with van der Waals surface area (Å²) < 4.78 is 5.96. The molecule has 3 unspecified atom stereocenters. The monoisotopic (exact) mass is 469 g/mol. The van der Waals surface area contributed by atoms with E-state index in [0.717, 1.165) is 36.8 Å². The van der Waals surface area contributed by atoms with Crippen molar-refractivity contribution in [3.8, 4) is 0 Å². The van der Waals surface area contributed by atoms with E-state index < -0.39 is 0 Å². The predicted octanol–water partition coefficient (Wildman–Crippen LogP) is 7.87. The molecule has 0 spiro atoms. The molecule has 0 heterocycles. The highest BCUT2D eigenvalue weighted by Gasteiger charge is 2.68. The van der Waals surface area contributed by atoms with Crippen LogP contribution in [0, 0.1) is 62.6 Å². The van der Waals surface area contributed by atoms with Crippen LogP contribution >= 0.6 is 0 Å². The minimum Gasteiger partial charge on any atom is -0.384 e. The summed E-state index contributed by atoms with van der Waals surface area (Å²) in [7, 11) is 1.94. The minimum absolute atomic E-state index is 0.339. The third-order valence-electron chi connectivity index (χ3n) is 14.1. The molecule has 0 amide bonds. The average Bonchev–Trinajstić information content (AvgIpc) is 2.77. The van der Waals surface area contributed by atoms with Crippen molar-refractivity contribution >= 4 is 0 Å². The first-order valence-electron chi connectivity index (χ1n) is 14.8. The number of hydrogen-bond donors (Lipinski definition) is 1. The zero-order chi connectivity index (χ0) is 24.7. The van der Waals surface area contributed by atoms with Gasteiger partial charge in [0.05, 0.1) is 6.61 Å². The summed E-state index contributed by atoms with van der Waals surface area (Å²) in [6, 6.07) is 0. The Labute approximate surface area is 211 Å². The Kier molecular flexibility index (Phi) is 6.01. The van der Waals surface area contributed by atoms with Crippen LogP contribution in [0.4, 0.5) is 0 Å². The third-order valence-corrected chi connectivity index (χ3v) is 14.1. The third kappa shape index (κ3) is 3.06. The van der Waals surface area contributed by atoms with Crippen molar-refractivity contribution in [2.75, 3.05) is 20.3 Å². The predicted molar refractivity (Wildman–Crippen MR) is 143 cm³/mol. The second-order valence-electron chi connectivity index (χ2n) is 15.2. The van der Waals surface area contributed by atoms with Crippen LogP contribution in [-0.2, 0) is 4.74 Å². The van der Waals surface area contributed by atoms with Crippen LogP contribution in [0.15, 0.2) is 11.6 Å². The van der Waals surface area contributed by atoms with Gasteiger partial charge in [0, 0.05) is 12.5 Å². The van der Waals surface area contributed by atoms with Crippen molar-refractivity contribution in [2.24, 2.45) is 68.3 Å². The Balaban J connectivity index is 1.58. The number of rotatable bonds is 3. The number of methoxy groups -OCH3 is 1. The maximum atomic E-state index is 6.31. The molecule has 0 radical (unpaired) electrons. The summed E-state index contributed by atoms with van der Waals surface area (Å²) in [6.07, 6.45) is 15.1. The Bertz CT molecular complexity index is 831. The summed E-state index contributed by atoms with van der Waals surface area (Å²) in [5, 5.41) is 0. The number of fused-ring (bicyclic) bond motifs is 7. The minimum atomic E-state index is 0.339. The van der Waals surface area contributed by atoms with Crippen LogP contribution in [0.2, 0.25) is 0 Å². The van der Waals surface area contributed by atoms with Crippen LogP contribution in [0.25, 0.3) is 0 Å². The topological polar surface area (TPSA) is 35.2 Å². The summed E-state index contributed by atoms with van der Waals surface area (Å²) in [4.78, 5) is 0. The first-order valence-corrected chi connectivity index (χ1v) is 14.8. The first-order chi connectivity index (χ1) is 15.9. The van der Waals surface area contributed by atoms with Gasteiger partial charge in [-0.15, -0.1) is 0 Å². The Morgan fingerprint density at radius 2 is 1.65 bits per heavy atom. The van der Waals surface area contributed by atoms with E-state index in [1.165, 1.54) is 57.8 Å². The van der Waals surface area contributed by atoms with Gasteiger partial charge in [-0.1, -0.05) is 60.1 Å². The molecular weight excluding hydrogens is 414 g/mol. The van der Waals surface area contributed by atoms with Gasteiger partial charge in [-0.25, -0.2) is 0 Å². The molecule has 0 aromatic carbocycles. The van der Waals surface area contributed by atoms with Crippen molar-refractivity contribution in [1.29, 1.82) is 0 Å². The van der Waals surface area contributed by atoms with Gasteiger partial charge in [-0.3, -0.25) is 0 Å². The van der Waals surface area contributed by atoms with E-state index in [1.807, 2.05) is 12.7 Å². The fraction of sp³-hybridized carbons (Fsp3) is 0.938. The summed E-state index contributed by atoms with van der Waals surface area (Å²) in [6.45, 7) is 20.2. The fourth-order valence-electron chi connectivity index (χ4n) is 11.7. The smallest absolute Gasteiger partial charge is 0.0524 e. The van der Waals surface area contributed by atoms with Crippen LogP contribution in [0.1, 0.15) is 106 Å². The molecule has 5 aliphatic rings. The van der Waals surface area contributed by atoms with E-state index in [1.54, 1.807) is 0 Å². The molecular formula is C32H55NO. The molecule has 4 saturated carbocycles. The normalized spacial score (nSPS) is 54.2. The maximum absolute atomic E-state index is 6.31. The SMILES string of the molecule is COC[C@]12CC[C@@H](C)[C@H](C)C1C1=CCC3[C@@]4(C)CC[C@H](CN)C(C)(C)C4CC[C@@]3(C)[C@]1(C)CC2. The molecule has 2 N–H and O–H groups in total. The van der Waals surface area contributed by atoms with Crippen LogP contribution in [-0.4, -0.2) is 20.3 Å². The van der Waals surface area contributed by atoms with Crippen molar-refractivity contribution < 1.29 is 4.74 Å². The average molecular weight is 470 g/mol. The number of nitrogens with two attached hydrogens (primary N) is 1. The number of hydrogen-bond acceptors (Lipinski definition) is 2. The molecule has 34 heavy (non-hydrogen) atoms. The molecule has 0 saturated heterocycles. The molecule has 5 aliphatic carbocycles. The second kappa shape index (κ2) is 8.08. The fourth-order valence-corrected chi connectivity index (χ4v) is 11.7. The first kappa shape index (κ1) is 25.3. The van der Waals surface area contributed by atoms with Crippen molar-refractivity contribution in [1.82, 2.24) is 0 Å². The van der Waals surface area contributed by atoms with Crippen LogP contribution in [0.5, 0.6) is 0 Å². The van der Waals surface area contributed by atoms with Crippen molar-refractivity contribution in [3.63, 3.8) is 0 Å². The van der Waals surface area contributed by atoms with Gasteiger partial charge in [-0.05, 0) is 121 Å². The van der Waals surface area contributed by atoms with Gasteiger partial charge in [-0.2, -0.15) is 0 Å². The Morgan fingerprint density at radius 3 is 2.32 bits per heavy atom. The van der Waals surface area contributed by atoms with Gasteiger partial charge in [0.25, 0.3) is 0 Å². The van der Waals surface area contributed by atoms with Gasteiger partial charge >= 0.3 is 0 Å².